The van der Waals surface area contributed by atoms with Gasteiger partial charge in [0.2, 0.25) is 0 Å². The van der Waals surface area contributed by atoms with Gasteiger partial charge in [-0.15, -0.1) is 0 Å². The van der Waals surface area contributed by atoms with Crippen LogP contribution in [0.1, 0.15) is 36.0 Å². The number of carbonyl (C=O) groups excluding carboxylic acids is 1. The molecule has 2 fully saturated rings. The van der Waals surface area contributed by atoms with Gasteiger partial charge in [0.15, 0.2) is 11.5 Å². The van der Waals surface area contributed by atoms with E-state index in [9.17, 15) is 4.79 Å². The Labute approximate surface area is 155 Å². The number of fused-ring (bicyclic) bond motifs is 1. The van der Waals surface area contributed by atoms with Crippen molar-refractivity contribution in [2.24, 2.45) is 0 Å². The lowest BCUT2D eigenvalue weighted by Gasteiger charge is -2.32. The highest BCUT2D eigenvalue weighted by atomic mass is 16.6. The van der Waals surface area contributed by atoms with E-state index in [1.165, 1.54) is 19.3 Å². The predicted molar refractivity (Wildman–Crippen MR) is 98.0 cm³/mol. The van der Waals surface area contributed by atoms with Crippen molar-refractivity contribution in [2.75, 3.05) is 52.5 Å². The van der Waals surface area contributed by atoms with Gasteiger partial charge in [-0.05, 0) is 44.5 Å². The molecule has 1 amide bonds. The van der Waals surface area contributed by atoms with Crippen LogP contribution in [0, 0.1) is 0 Å². The van der Waals surface area contributed by atoms with E-state index in [1.54, 1.807) is 0 Å². The Hall–Kier alpha value is -1.79. The van der Waals surface area contributed by atoms with E-state index in [2.05, 4.69) is 4.90 Å². The number of hydrogen-bond donors (Lipinski definition) is 0. The second kappa shape index (κ2) is 8.27. The molecule has 0 bridgehead atoms. The molecule has 0 radical (unpaired) electrons. The molecule has 1 aromatic rings. The fourth-order valence-corrected chi connectivity index (χ4v) is 4.03. The van der Waals surface area contributed by atoms with Crippen molar-refractivity contribution in [3.63, 3.8) is 0 Å². The average Bonchev–Trinajstić information content (AvgIpc) is 2.93. The quantitative estimate of drug-likeness (QED) is 0.827. The van der Waals surface area contributed by atoms with Gasteiger partial charge in [0.05, 0.1) is 11.7 Å². The van der Waals surface area contributed by atoms with Crippen LogP contribution in [-0.4, -0.2) is 74.4 Å². The maximum atomic E-state index is 13.2. The molecule has 1 unspecified atom stereocenters. The molecule has 3 aliphatic heterocycles. The zero-order valence-corrected chi connectivity index (χ0v) is 15.3. The Morgan fingerprint density at radius 2 is 1.85 bits per heavy atom. The van der Waals surface area contributed by atoms with Crippen LogP contribution in [0.25, 0.3) is 0 Å². The second-order valence-electron chi connectivity index (χ2n) is 7.29. The van der Waals surface area contributed by atoms with Gasteiger partial charge < -0.3 is 24.0 Å². The van der Waals surface area contributed by atoms with Crippen LogP contribution >= 0.6 is 0 Å². The predicted octanol–water partition coefficient (Wildman–Crippen LogP) is 2.17. The number of carbonyl (C=O) groups is 1. The first kappa shape index (κ1) is 17.6. The van der Waals surface area contributed by atoms with Crippen molar-refractivity contribution in [1.82, 2.24) is 9.80 Å². The van der Waals surface area contributed by atoms with E-state index >= 15 is 0 Å². The first-order valence-electron chi connectivity index (χ1n) is 9.83. The Kier molecular flexibility index (Phi) is 5.60. The number of rotatable bonds is 3. The van der Waals surface area contributed by atoms with E-state index < -0.39 is 0 Å². The molecule has 0 aromatic heterocycles. The highest BCUT2D eigenvalue weighted by Crippen LogP contribution is 2.34. The molecule has 3 aliphatic rings. The average molecular weight is 360 g/mol. The zero-order chi connectivity index (χ0) is 17.8. The first-order valence-corrected chi connectivity index (χ1v) is 9.83. The summed E-state index contributed by atoms with van der Waals surface area (Å²) in [6.45, 7) is 6.29. The number of nitrogens with zero attached hydrogens (tertiary/aromatic N) is 2. The number of ether oxygens (including phenoxy) is 3. The Morgan fingerprint density at radius 3 is 2.73 bits per heavy atom. The standard InChI is InChI=1S/C20H28N2O4/c23-20(17-6-4-7-18-19(17)26-13-12-25-18)22-10-5-11-24-16(15-22)14-21-8-2-1-3-9-21/h4,6-7,16H,1-3,5,8-15H2. The highest BCUT2D eigenvalue weighted by molar-refractivity contribution is 5.98. The molecular weight excluding hydrogens is 332 g/mol. The van der Waals surface area contributed by atoms with Crippen molar-refractivity contribution in [3.05, 3.63) is 23.8 Å². The fraction of sp³-hybridized carbons (Fsp3) is 0.650. The molecule has 26 heavy (non-hydrogen) atoms. The summed E-state index contributed by atoms with van der Waals surface area (Å²) in [7, 11) is 0. The minimum Gasteiger partial charge on any atom is -0.486 e. The maximum absolute atomic E-state index is 13.2. The minimum absolute atomic E-state index is 0.0153. The van der Waals surface area contributed by atoms with Gasteiger partial charge in [0.1, 0.15) is 13.2 Å². The summed E-state index contributed by atoms with van der Waals surface area (Å²) in [5.74, 6) is 1.26. The SMILES string of the molecule is O=C(c1cccc2c1OCCO2)N1CCCOC(CN2CCCCC2)C1. The minimum atomic E-state index is 0.0153. The van der Waals surface area contributed by atoms with Crippen LogP contribution in [-0.2, 0) is 4.74 Å². The fourth-order valence-electron chi connectivity index (χ4n) is 4.03. The molecule has 0 N–H and O–H groups in total. The number of hydrogen-bond acceptors (Lipinski definition) is 5. The summed E-state index contributed by atoms with van der Waals surface area (Å²) in [6, 6.07) is 5.55. The van der Waals surface area contributed by atoms with Crippen LogP contribution in [0.15, 0.2) is 18.2 Å². The molecule has 4 rings (SSSR count). The molecule has 3 heterocycles. The van der Waals surface area contributed by atoms with Crippen molar-refractivity contribution in [3.8, 4) is 11.5 Å². The highest BCUT2D eigenvalue weighted by Gasteiger charge is 2.28. The smallest absolute Gasteiger partial charge is 0.257 e. The molecule has 1 atom stereocenters. The summed E-state index contributed by atoms with van der Waals surface area (Å²) < 4.78 is 17.4. The topological polar surface area (TPSA) is 51.2 Å². The number of amides is 1. The van der Waals surface area contributed by atoms with Gasteiger partial charge in [-0.1, -0.05) is 12.5 Å². The van der Waals surface area contributed by atoms with Crippen LogP contribution < -0.4 is 9.47 Å². The van der Waals surface area contributed by atoms with Gasteiger partial charge in [-0.3, -0.25) is 4.79 Å². The zero-order valence-electron chi connectivity index (χ0n) is 15.3. The summed E-state index contributed by atoms with van der Waals surface area (Å²) in [6.07, 6.45) is 4.81. The summed E-state index contributed by atoms with van der Waals surface area (Å²) in [5, 5.41) is 0. The normalized spacial score (nSPS) is 24.2. The summed E-state index contributed by atoms with van der Waals surface area (Å²) >= 11 is 0. The van der Waals surface area contributed by atoms with E-state index in [4.69, 9.17) is 14.2 Å². The van der Waals surface area contributed by atoms with Gasteiger partial charge in [0, 0.05) is 26.2 Å². The van der Waals surface area contributed by atoms with Crippen molar-refractivity contribution >= 4 is 5.91 Å². The Morgan fingerprint density at radius 1 is 1.00 bits per heavy atom. The van der Waals surface area contributed by atoms with E-state index in [0.29, 0.717) is 36.8 Å². The molecule has 0 saturated carbocycles. The van der Waals surface area contributed by atoms with E-state index in [1.807, 2.05) is 23.1 Å². The van der Waals surface area contributed by atoms with Gasteiger partial charge in [0.25, 0.3) is 5.91 Å². The summed E-state index contributed by atoms with van der Waals surface area (Å²) in [5.41, 5.74) is 0.598. The third-order valence-corrected chi connectivity index (χ3v) is 5.34. The molecular formula is C20H28N2O4. The molecule has 0 spiro atoms. The molecule has 2 saturated heterocycles. The largest absolute Gasteiger partial charge is 0.486 e. The second-order valence-corrected chi connectivity index (χ2v) is 7.29. The summed E-state index contributed by atoms with van der Waals surface area (Å²) in [4.78, 5) is 17.6. The molecule has 6 heteroatoms. The van der Waals surface area contributed by atoms with Gasteiger partial charge in [-0.25, -0.2) is 0 Å². The van der Waals surface area contributed by atoms with Crippen LogP contribution in [0.2, 0.25) is 0 Å². The maximum Gasteiger partial charge on any atom is 0.257 e. The molecule has 1 aromatic carbocycles. The Balaban J connectivity index is 1.46. The lowest BCUT2D eigenvalue weighted by molar-refractivity contribution is 0.0215. The van der Waals surface area contributed by atoms with Crippen LogP contribution in [0.3, 0.4) is 0 Å². The third-order valence-electron chi connectivity index (χ3n) is 5.34. The monoisotopic (exact) mass is 360 g/mol. The lowest BCUT2D eigenvalue weighted by Crippen LogP contribution is -2.44. The number of likely N-dealkylation sites (tertiary alicyclic amines) is 1. The molecule has 0 aliphatic carbocycles. The van der Waals surface area contributed by atoms with Crippen molar-refractivity contribution < 1.29 is 19.0 Å². The number of piperidine rings is 1. The van der Waals surface area contributed by atoms with E-state index in [-0.39, 0.29) is 12.0 Å². The van der Waals surface area contributed by atoms with Crippen LogP contribution in [0.4, 0.5) is 0 Å². The van der Waals surface area contributed by atoms with Crippen molar-refractivity contribution in [2.45, 2.75) is 31.8 Å². The first-order chi connectivity index (χ1) is 12.8. The van der Waals surface area contributed by atoms with Crippen LogP contribution in [0.5, 0.6) is 11.5 Å². The van der Waals surface area contributed by atoms with E-state index in [0.717, 1.165) is 39.2 Å². The molecule has 142 valence electrons. The molecule has 6 nitrogen and oxygen atoms in total. The number of benzene rings is 1. The Bertz CT molecular complexity index is 630. The van der Waals surface area contributed by atoms with Gasteiger partial charge >= 0.3 is 0 Å². The van der Waals surface area contributed by atoms with Crippen molar-refractivity contribution in [1.29, 1.82) is 0 Å². The van der Waals surface area contributed by atoms with Gasteiger partial charge in [-0.2, -0.15) is 0 Å². The number of para-hydroxylation sites is 1. The third kappa shape index (κ3) is 3.96. The lowest BCUT2D eigenvalue weighted by atomic mass is 10.1.